The van der Waals surface area contributed by atoms with E-state index in [-0.39, 0.29) is 17.7 Å². The van der Waals surface area contributed by atoms with Crippen molar-refractivity contribution in [3.05, 3.63) is 71.8 Å². The van der Waals surface area contributed by atoms with Crippen LogP contribution in [0.1, 0.15) is 41.4 Å². The number of hydrogen-bond acceptors (Lipinski definition) is 3. The molecule has 0 saturated heterocycles. The average molecular weight is 343 g/mol. The summed E-state index contributed by atoms with van der Waals surface area (Å²) in [5.41, 5.74) is 2.37. The van der Waals surface area contributed by atoms with Crippen molar-refractivity contribution in [1.29, 1.82) is 0 Å². The standard InChI is InChI=1S/C19H21NO3S/c1-4-15-6-8-17(9-7-15)19(21)20-14(3)16-10-12-18(13-11-16)24(22,23)5-2/h4,6-14H,1,5H2,2-3H3,(H,20,21)/t14-/m1/s1. The minimum Gasteiger partial charge on any atom is -0.346 e. The van der Waals surface area contributed by atoms with E-state index < -0.39 is 9.84 Å². The summed E-state index contributed by atoms with van der Waals surface area (Å²) in [5, 5.41) is 2.91. The van der Waals surface area contributed by atoms with Gasteiger partial charge in [-0.25, -0.2) is 8.42 Å². The van der Waals surface area contributed by atoms with Crippen molar-refractivity contribution in [2.45, 2.75) is 24.8 Å². The molecule has 0 radical (unpaired) electrons. The van der Waals surface area contributed by atoms with E-state index in [0.717, 1.165) is 11.1 Å². The molecular weight excluding hydrogens is 322 g/mol. The molecule has 0 saturated carbocycles. The summed E-state index contributed by atoms with van der Waals surface area (Å²) in [4.78, 5) is 12.6. The van der Waals surface area contributed by atoms with Crippen molar-refractivity contribution in [2.24, 2.45) is 0 Å². The normalized spacial score (nSPS) is 12.4. The van der Waals surface area contributed by atoms with E-state index >= 15 is 0 Å². The number of sulfone groups is 1. The highest BCUT2D eigenvalue weighted by Crippen LogP contribution is 2.18. The van der Waals surface area contributed by atoms with Gasteiger partial charge >= 0.3 is 0 Å². The molecule has 0 heterocycles. The first kappa shape index (κ1) is 17.9. The third kappa shape index (κ3) is 4.11. The van der Waals surface area contributed by atoms with Gasteiger partial charge < -0.3 is 5.32 Å². The molecule has 0 aliphatic carbocycles. The zero-order valence-corrected chi connectivity index (χ0v) is 14.6. The Balaban J connectivity index is 2.09. The number of hydrogen-bond donors (Lipinski definition) is 1. The second-order valence-electron chi connectivity index (χ2n) is 5.49. The van der Waals surface area contributed by atoms with Crippen LogP contribution in [-0.4, -0.2) is 20.1 Å². The topological polar surface area (TPSA) is 63.2 Å². The maximum absolute atomic E-state index is 12.3. The van der Waals surface area contributed by atoms with Crippen LogP contribution in [0.2, 0.25) is 0 Å². The van der Waals surface area contributed by atoms with Crippen molar-refractivity contribution in [3.63, 3.8) is 0 Å². The van der Waals surface area contributed by atoms with Crippen molar-refractivity contribution < 1.29 is 13.2 Å². The second-order valence-corrected chi connectivity index (χ2v) is 7.77. The van der Waals surface area contributed by atoms with Gasteiger partial charge in [0.15, 0.2) is 9.84 Å². The number of carbonyl (C=O) groups excluding carboxylic acids is 1. The molecule has 0 aliphatic rings. The zero-order valence-electron chi connectivity index (χ0n) is 13.8. The van der Waals surface area contributed by atoms with Crippen molar-refractivity contribution in [2.75, 3.05) is 5.75 Å². The molecule has 2 aromatic rings. The maximum atomic E-state index is 12.3. The number of nitrogens with one attached hydrogen (secondary N) is 1. The second kappa shape index (κ2) is 7.45. The molecular formula is C19H21NO3S. The molecule has 1 N–H and O–H groups in total. The third-order valence-corrected chi connectivity index (χ3v) is 5.63. The molecule has 0 spiro atoms. The van der Waals surface area contributed by atoms with Gasteiger partial charge in [-0.15, -0.1) is 0 Å². The third-order valence-electron chi connectivity index (χ3n) is 3.88. The average Bonchev–Trinajstić information content (AvgIpc) is 2.61. The molecule has 2 aromatic carbocycles. The largest absolute Gasteiger partial charge is 0.346 e. The zero-order chi connectivity index (χ0) is 17.7. The van der Waals surface area contributed by atoms with Gasteiger partial charge in [-0.2, -0.15) is 0 Å². The fourth-order valence-corrected chi connectivity index (χ4v) is 3.15. The quantitative estimate of drug-likeness (QED) is 0.871. The van der Waals surface area contributed by atoms with Crippen LogP contribution in [0, 0.1) is 0 Å². The number of rotatable bonds is 6. The lowest BCUT2D eigenvalue weighted by Gasteiger charge is -2.15. The number of amides is 1. The van der Waals surface area contributed by atoms with Gasteiger partial charge in [0.2, 0.25) is 0 Å². The van der Waals surface area contributed by atoms with Crippen LogP contribution in [0.4, 0.5) is 0 Å². The smallest absolute Gasteiger partial charge is 0.251 e. The lowest BCUT2D eigenvalue weighted by molar-refractivity contribution is 0.0940. The van der Waals surface area contributed by atoms with E-state index in [9.17, 15) is 13.2 Å². The first-order chi connectivity index (χ1) is 11.4. The maximum Gasteiger partial charge on any atom is 0.251 e. The molecule has 5 heteroatoms. The van der Waals surface area contributed by atoms with Gasteiger partial charge in [0.05, 0.1) is 16.7 Å². The van der Waals surface area contributed by atoms with E-state index in [4.69, 9.17) is 0 Å². The lowest BCUT2D eigenvalue weighted by atomic mass is 10.1. The summed E-state index contributed by atoms with van der Waals surface area (Å²) in [7, 11) is -3.21. The Kier molecular flexibility index (Phi) is 5.57. The summed E-state index contributed by atoms with van der Waals surface area (Å²) >= 11 is 0. The fourth-order valence-electron chi connectivity index (χ4n) is 2.26. The predicted octanol–water partition coefficient (Wildman–Crippen LogP) is 3.61. The highest BCUT2D eigenvalue weighted by atomic mass is 32.2. The summed E-state index contributed by atoms with van der Waals surface area (Å²) in [6, 6.07) is 13.5. The van der Waals surface area contributed by atoms with Gasteiger partial charge in [0.1, 0.15) is 0 Å². The first-order valence-electron chi connectivity index (χ1n) is 7.73. The Morgan fingerprint density at radius 3 is 2.21 bits per heavy atom. The number of carbonyl (C=O) groups is 1. The van der Waals surface area contributed by atoms with Crippen LogP contribution in [-0.2, 0) is 9.84 Å². The summed E-state index contributed by atoms with van der Waals surface area (Å²) in [5.74, 6) is -0.109. The Labute approximate surface area is 143 Å². The molecule has 0 unspecified atom stereocenters. The molecule has 126 valence electrons. The van der Waals surface area contributed by atoms with Crippen molar-refractivity contribution in [1.82, 2.24) is 5.32 Å². The van der Waals surface area contributed by atoms with E-state index in [0.29, 0.717) is 10.5 Å². The first-order valence-corrected chi connectivity index (χ1v) is 9.38. The lowest BCUT2D eigenvalue weighted by Crippen LogP contribution is -2.26. The van der Waals surface area contributed by atoms with Crippen LogP contribution < -0.4 is 5.32 Å². The predicted molar refractivity (Wildman–Crippen MR) is 96.6 cm³/mol. The Morgan fingerprint density at radius 1 is 1.12 bits per heavy atom. The molecule has 0 fully saturated rings. The summed E-state index contributed by atoms with van der Waals surface area (Å²) in [6.45, 7) is 7.16. The Morgan fingerprint density at radius 2 is 1.71 bits per heavy atom. The molecule has 0 aromatic heterocycles. The Hall–Kier alpha value is -2.40. The van der Waals surface area contributed by atoms with E-state index in [1.54, 1.807) is 49.4 Å². The van der Waals surface area contributed by atoms with Crippen LogP contribution in [0.15, 0.2) is 60.0 Å². The summed E-state index contributed by atoms with van der Waals surface area (Å²) < 4.78 is 23.6. The van der Waals surface area contributed by atoms with E-state index in [1.807, 2.05) is 19.1 Å². The minimum atomic E-state index is -3.21. The van der Waals surface area contributed by atoms with Crippen LogP contribution >= 0.6 is 0 Å². The molecule has 1 atom stereocenters. The molecule has 1 amide bonds. The monoisotopic (exact) mass is 343 g/mol. The molecule has 2 rings (SSSR count). The fraction of sp³-hybridized carbons (Fsp3) is 0.211. The van der Waals surface area contributed by atoms with Gasteiger partial charge in [-0.05, 0) is 42.3 Å². The highest BCUT2D eigenvalue weighted by molar-refractivity contribution is 7.91. The highest BCUT2D eigenvalue weighted by Gasteiger charge is 2.14. The van der Waals surface area contributed by atoms with Crippen LogP contribution in [0.25, 0.3) is 6.08 Å². The number of benzene rings is 2. The van der Waals surface area contributed by atoms with Crippen LogP contribution in [0.5, 0.6) is 0 Å². The molecule has 0 bridgehead atoms. The van der Waals surface area contributed by atoms with Crippen molar-refractivity contribution >= 4 is 21.8 Å². The van der Waals surface area contributed by atoms with Gasteiger partial charge in [0.25, 0.3) is 5.91 Å². The molecule has 4 nitrogen and oxygen atoms in total. The van der Waals surface area contributed by atoms with Crippen LogP contribution in [0.3, 0.4) is 0 Å². The van der Waals surface area contributed by atoms with E-state index in [2.05, 4.69) is 11.9 Å². The SMILES string of the molecule is C=Cc1ccc(C(=O)N[C@H](C)c2ccc(S(=O)(=O)CC)cc2)cc1. The molecule has 24 heavy (non-hydrogen) atoms. The van der Waals surface area contributed by atoms with Gasteiger partial charge in [-0.3, -0.25) is 4.79 Å². The Bertz CT molecular complexity index is 822. The molecule has 0 aliphatic heterocycles. The van der Waals surface area contributed by atoms with Gasteiger partial charge in [-0.1, -0.05) is 43.8 Å². The minimum absolute atomic E-state index is 0.0688. The van der Waals surface area contributed by atoms with E-state index in [1.165, 1.54) is 0 Å². The summed E-state index contributed by atoms with van der Waals surface area (Å²) in [6.07, 6.45) is 1.72. The van der Waals surface area contributed by atoms with Gasteiger partial charge in [0, 0.05) is 5.56 Å². The van der Waals surface area contributed by atoms with Crippen molar-refractivity contribution in [3.8, 4) is 0 Å².